The Morgan fingerprint density at radius 2 is 1.79 bits per heavy atom. The van der Waals surface area contributed by atoms with Gasteiger partial charge < -0.3 is 14.7 Å². The molecule has 0 radical (unpaired) electrons. The van der Waals surface area contributed by atoms with Crippen LogP contribution in [0.4, 0.5) is 0 Å². The van der Waals surface area contributed by atoms with Crippen LogP contribution in [0.25, 0.3) is 0 Å². The van der Waals surface area contributed by atoms with Crippen LogP contribution in [0, 0.1) is 5.41 Å². The fourth-order valence-electron chi connectivity index (χ4n) is 5.46. The summed E-state index contributed by atoms with van der Waals surface area (Å²) in [5.74, 6) is -0.345. The van der Waals surface area contributed by atoms with Crippen molar-refractivity contribution in [3.8, 4) is 0 Å². The molecule has 8 heteroatoms. The van der Waals surface area contributed by atoms with E-state index < -0.39 is 5.97 Å². The molecule has 8 nitrogen and oxygen atoms in total. The Bertz CT molecular complexity index is 1250. The molecule has 0 amide bonds. The number of aliphatic imine (C=N–C) groups is 1. The van der Waals surface area contributed by atoms with Crippen LogP contribution < -0.4 is 0 Å². The minimum atomic E-state index is -0.808. The van der Waals surface area contributed by atoms with Crippen molar-refractivity contribution in [3.63, 3.8) is 0 Å². The summed E-state index contributed by atoms with van der Waals surface area (Å²) in [5.41, 5.74) is 2.76. The third-order valence-electron chi connectivity index (χ3n) is 7.34. The number of aryl methyl sites for hydroxylation is 1. The maximum absolute atomic E-state index is 13.0. The standard InChI is InChI=1S/C30H36N2O6/c1-30(2)17-22(31-14-8-4-7-11-27(36)37)28(25(35)18-30)23(33)13-12-21-29-24(34)15-20(16-26(29)38-32-21)19-9-5-3-6-10-19/h3,5-6,9-10,20,33H,4,7-8,11-18H2,1-2H3,(H,36,37)/b28-23-,31-22?. The Morgan fingerprint density at radius 1 is 1.03 bits per heavy atom. The molecule has 1 heterocycles. The molecule has 1 unspecified atom stereocenters. The molecule has 38 heavy (non-hydrogen) atoms. The molecule has 1 fully saturated rings. The van der Waals surface area contributed by atoms with Gasteiger partial charge in [0.15, 0.2) is 11.6 Å². The summed E-state index contributed by atoms with van der Waals surface area (Å²) in [6.45, 7) is 4.50. The van der Waals surface area contributed by atoms with Gasteiger partial charge in [0.1, 0.15) is 11.5 Å². The number of aliphatic carboxylic acids is 1. The first-order chi connectivity index (χ1) is 18.1. The smallest absolute Gasteiger partial charge is 0.303 e. The van der Waals surface area contributed by atoms with Gasteiger partial charge in [-0.05, 0) is 36.2 Å². The molecule has 0 bridgehead atoms. The summed E-state index contributed by atoms with van der Waals surface area (Å²) < 4.78 is 5.56. The lowest BCUT2D eigenvalue weighted by Gasteiger charge is -2.31. The van der Waals surface area contributed by atoms with E-state index in [0.29, 0.717) is 61.4 Å². The summed E-state index contributed by atoms with van der Waals surface area (Å²) in [4.78, 5) is 41.4. The van der Waals surface area contributed by atoms with Crippen molar-refractivity contribution < 1.29 is 29.1 Å². The van der Waals surface area contributed by atoms with Gasteiger partial charge in [-0.25, -0.2) is 0 Å². The fraction of sp³-hybridized carbons (Fsp3) is 0.500. The molecule has 2 aliphatic rings. The second-order valence-corrected chi connectivity index (χ2v) is 11.2. The molecule has 1 saturated carbocycles. The van der Waals surface area contributed by atoms with Crippen LogP contribution in [0.2, 0.25) is 0 Å². The number of fused-ring (bicyclic) bond motifs is 1. The minimum Gasteiger partial charge on any atom is -0.511 e. The van der Waals surface area contributed by atoms with Crippen molar-refractivity contribution in [1.82, 2.24) is 5.16 Å². The Balaban J connectivity index is 1.46. The third-order valence-corrected chi connectivity index (χ3v) is 7.34. The molecule has 2 aliphatic carbocycles. The first-order valence-corrected chi connectivity index (χ1v) is 13.4. The van der Waals surface area contributed by atoms with E-state index in [-0.39, 0.29) is 53.5 Å². The molecule has 0 saturated heterocycles. The fourth-order valence-corrected chi connectivity index (χ4v) is 5.46. The maximum Gasteiger partial charge on any atom is 0.303 e. The number of hydrogen-bond acceptors (Lipinski definition) is 7. The van der Waals surface area contributed by atoms with E-state index in [1.54, 1.807) is 0 Å². The molecule has 2 N–H and O–H groups in total. The lowest BCUT2D eigenvalue weighted by Crippen LogP contribution is -2.33. The number of nitrogens with zero attached hydrogens (tertiary/aromatic N) is 2. The molecule has 2 aromatic rings. The summed E-state index contributed by atoms with van der Waals surface area (Å²) in [5, 5.41) is 24.0. The second-order valence-electron chi connectivity index (χ2n) is 11.2. The van der Waals surface area contributed by atoms with Crippen molar-refractivity contribution in [2.24, 2.45) is 10.4 Å². The van der Waals surface area contributed by atoms with Gasteiger partial charge in [-0.3, -0.25) is 19.4 Å². The van der Waals surface area contributed by atoms with Gasteiger partial charge in [-0.15, -0.1) is 0 Å². The summed E-state index contributed by atoms with van der Waals surface area (Å²) in [6.07, 6.45) is 4.51. The molecule has 202 valence electrons. The largest absolute Gasteiger partial charge is 0.511 e. The van der Waals surface area contributed by atoms with Crippen molar-refractivity contribution in [1.29, 1.82) is 0 Å². The van der Waals surface area contributed by atoms with Crippen molar-refractivity contribution in [3.05, 3.63) is 64.2 Å². The van der Waals surface area contributed by atoms with E-state index in [4.69, 9.17) is 9.63 Å². The summed E-state index contributed by atoms with van der Waals surface area (Å²) in [6, 6.07) is 9.90. The van der Waals surface area contributed by atoms with Crippen LogP contribution in [0.3, 0.4) is 0 Å². The molecule has 4 rings (SSSR count). The number of allylic oxidation sites excluding steroid dienone is 2. The SMILES string of the molecule is CC1(C)CC(=O)/C(=C(\O)CCc2noc3c2C(=O)CC(c2ccccc2)C3)C(=NCCCCCC(=O)O)C1. The highest BCUT2D eigenvalue weighted by atomic mass is 16.5. The zero-order valence-electron chi connectivity index (χ0n) is 22.2. The topological polar surface area (TPSA) is 130 Å². The number of Topliss-reactive ketones (excluding diaryl/α,β-unsaturated/α-hetero) is 2. The van der Waals surface area contributed by atoms with Gasteiger partial charge in [0.25, 0.3) is 0 Å². The van der Waals surface area contributed by atoms with E-state index in [9.17, 15) is 19.5 Å². The Hall–Kier alpha value is -3.55. The van der Waals surface area contributed by atoms with E-state index in [1.807, 2.05) is 44.2 Å². The van der Waals surface area contributed by atoms with E-state index in [0.717, 1.165) is 18.4 Å². The van der Waals surface area contributed by atoms with Crippen LogP contribution >= 0.6 is 0 Å². The molecule has 1 aromatic carbocycles. The number of hydrogen-bond donors (Lipinski definition) is 2. The summed E-state index contributed by atoms with van der Waals surface area (Å²) >= 11 is 0. The van der Waals surface area contributed by atoms with Crippen molar-refractivity contribution >= 4 is 23.2 Å². The number of aromatic nitrogens is 1. The Morgan fingerprint density at radius 3 is 2.53 bits per heavy atom. The van der Waals surface area contributed by atoms with Crippen LogP contribution in [0.1, 0.15) is 98.5 Å². The van der Waals surface area contributed by atoms with E-state index in [2.05, 4.69) is 10.1 Å². The highest BCUT2D eigenvalue weighted by molar-refractivity contribution is 6.24. The van der Waals surface area contributed by atoms with Gasteiger partial charge in [-0.2, -0.15) is 0 Å². The highest BCUT2D eigenvalue weighted by Crippen LogP contribution is 2.37. The molecule has 0 aliphatic heterocycles. The van der Waals surface area contributed by atoms with Crippen molar-refractivity contribution in [2.75, 3.05) is 6.54 Å². The van der Waals surface area contributed by atoms with Crippen molar-refractivity contribution in [2.45, 2.75) is 84.0 Å². The number of carboxylic acid groups (broad SMARTS) is 1. The van der Waals surface area contributed by atoms with E-state index in [1.165, 1.54) is 0 Å². The Labute approximate surface area is 222 Å². The van der Waals surface area contributed by atoms with Gasteiger partial charge in [0.05, 0.1) is 16.8 Å². The first kappa shape index (κ1) is 27.5. The maximum atomic E-state index is 13.0. The predicted octanol–water partition coefficient (Wildman–Crippen LogP) is 5.81. The van der Waals surface area contributed by atoms with Crippen LogP contribution in [-0.4, -0.2) is 45.2 Å². The number of aliphatic hydroxyl groups is 1. The van der Waals surface area contributed by atoms with Crippen LogP contribution in [0.5, 0.6) is 0 Å². The zero-order valence-corrected chi connectivity index (χ0v) is 22.2. The van der Waals surface area contributed by atoms with E-state index >= 15 is 0 Å². The monoisotopic (exact) mass is 520 g/mol. The Kier molecular flexibility index (Phi) is 8.59. The second kappa shape index (κ2) is 11.9. The van der Waals surface area contributed by atoms with Gasteiger partial charge in [0.2, 0.25) is 0 Å². The number of rotatable bonds is 10. The van der Waals surface area contributed by atoms with Crippen LogP contribution in [-0.2, 0) is 22.4 Å². The minimum absolute atomic E-state index is 0.0101. The number of carbonyl (C=O) groups excluding carboxylic acids is 2. The highest BCUT2D eigenvalue weighted by Gasteiger charge is 2.37. The number of unbranched alkanes of at least 4 members (excludes halogenated alkanes) is 2. The van der Waals surface area contributed by atoms with Gasteiger partial charge >= 0.3 is 5.97 Å². The lowest BCUT2D eigenvalue weighted by atomic mass is 9.73. The lowest BCUT2D eigenvalue weighted by molar-refractivity contribution is -0.137. The number of benzene rings is 1. The molecule has 1 aromatic heterocycles. The van der Waals surface area contributed by atoms with Crippen LogP contribution in [0.15, 0.2) is 51.2 Å². The molecule has 0 spiro atoms. The molecular formula is C30H36N2O6. The first-order valence-electron chi connectivity index (χ1n) is 13.4. The predicted molar refractivity (Wildman–Crippen MR) is 143 cm³/mol. The normalized spacial score (nSPS) is 21.4. The zero-order chi connectivity index (χ0) is 27.3. The van der Waals surface area contributed by atoms with Gasteiger partial charge in [-0.1, -0.05) is 55.8 Å². The molecule has 1 atom stereocenters. The van der Waals surface area contributed by atoms with Gasteiger partial charge in [0, 0.05) is 50.8 Å². The quantitative estimate of drug-likeness (QED) is 0.230. The number of carboxylic acids is 1. The number of aliphatic hydroxyl groups excluding tert-OH is 1. The average molecular weight is 521 g/mol. The summed E-state index contributed by atoms with van der Waals surface area (Å²) in [7, 11) is 0. The third kappa shape index (κ3) is 6.65. The average Bonchev–Trinajstić information content (AvgIpc) is 3.28. The number of ketones is 2. The number of carbonyl (C=O) groups is 3. The molecular weight excluding hydrogens is 484 g/mol.